The van der Waals surface area contributed by atoms with Crippen LogP contribution in [0.25, 0.3) is 0 Å². The molecule has 0 bridgehead atoms. The van der Waals surface area contributed by atoms with Crippen LogP contribution < -0.4 is 0 Å². The highest BCUT2D eigenvalue weighted by molar-refractivity contribution is 6.08. The van der Waals surface area contributed by atoms with Gasteiger partial charge in [-0.2, -0.15) is 0 Å². The minimum absolute atomic E-state index is 0.0666. The number of allylic oxidation sites excluding steroid dienone is 2. The molecule has 0 fully saturated rings. The van der Waals surface area contributed by atoms with Crippen molar-refractivity contribution in [2.45, 2.75) is 89.6 Å². The fraction of sp³-hybridized carbons (Fsp3) is 0.714. The van der Waals surface area contributed by atoms with E-state index in [1.165, 1.54) is 38.9 Å². The van der Waals surface area contributed by atoms with E-state index in [2.05, 4.69) is 11.7 Å². The van der Waals surface area contributed by atoms with E-state index >= 15 is 0 Å². The van der Waals surface area contributed by atoms with Crippen molar-refractivity contribution in [1.29, 1.82) is 0 Å². The largest absolute Gasteiger partial charge is 0.469 e. The highest BCUT2D eigenvalue weighted by Crippen LogP contribution is 2.32. The first-order valence-electron chi connectivity index (χ1n) is 9.77. The van der Waals surface area contributed by atoms with Gasteiger partial charge in [-0.25, -0.2) is 0 Å². The molecule has 0 saturated heterocycles. The molecule has 0 unspecified atom stereocenters. The summed E-state index contributed by atoms with van der Waals surface area (Å²) in [5.74, 6) is -0.245. The van der Waals surface area contributed by atoms with Crippen molar-refractivity contribution in [3.63, 3.8) is 0 Å². The Bertz CT molecular complexity index is 478. The molecule has 0 aromatic carbocycles. The van der Waals surface area contributed by atoms with Crippen LogP contribution >= 0.6 is 0 Å². The molecule has 0 spiro atoms. The molecule has 1 atom stereocenters. The maximum Gasteiger partial charge on any atom is 0.305 e. The second-order valence-corrected chi connectivity index (χ2v) is 6.93. The van der Waals surface area contributed by atoms with E-state index in [-0.39, 0.29) is 11.8 Å². The van der Waals surface area contributed by atoms with Gasteiger partial charge in [0.15, 0.2) is 5.78 Å². The molecule has 0 saturated carbocycles. The summed E-state index contributed by atoms with van der Waals surface area (Å²) in [7, 11) is 1.40. The first-order chi connectivity index (χ1) is 12.0. The van der Waals surface area contributed by atoms with Crippen molar-refractivity contribution >= 4 is 11.8 Å². The lowest BCUT2D eigenvalue weighted by atomic mass is 9.89. The van der Waals surface area contributed by atoms with E-state index in [4.69, 9.17) is 0 Å². The number of ketones is 1. The van der Waals surface area contributed by atoms with E-state index in [9.17, 15) is 14.7 Å². The Kier molecular flexibility index (Phi) is 10.4. The fourth-order valence-electron chi connectivity index (χ4n) is 3.22. The van der Waals surface area contributed by atoms with Gasteiger partial charge in [0.2, 0.25) is 0 Å². The minimum atomic E-state index is -1.08. The maximum absolute atomic E-state index is 12.0. The van der Waals surface area contributed by atoms with Gasteiger partial charge in [-0.1, -0.05) is 51.5 Å². The van der Waals surface area contributed by atoms with Crippen molar-refractivity contribution < 1.29 is 19.4 Å². The molecule has 0 aromatic heterocycles. The van der Waals surface area contributed by atoms with E-state index in [0.717, 1.165) is 38.5 Å². The quantitative estimate of drug-likeness (QED) is 0.298. The SMILES string of the molecule is CCCCCCCC[C@@]1(O)C=CC(=O)C1=CCCCCCC(=O)OC. The maximum atomic E-state index is 12.0. The average Bonchev–Trinajstić information content (AvgIpc) is 2.89. The molecule has 4 heteroatoms. The highest BCUT2D eigenvalue weighted by Gasteiger charge is 2.36. The molecule has 1 N–H and O–H groups in total. The van der Waals surface area contributed by atoms with E-state index < -0.39 is 5.60 Å². The Hall–Kier alpha value is -1.42. The summed E-state index contributed by atoms with van der Waals surface area (Å²) in [5.41, 5.74) is -0.539. The molecule has 0 amide bonds. The van der Waals surface area contributed by atoms with Gasteiger partial charge in [0.25, 0.3) is 0 Å². The lowest BCUT2D eigenvalue weighted by Gasteiger charge is -2.22. The fourth-order valence-corrected chi connectivity index (χ4v) is 3.22. The first kappa shape index (κ1) is 21.6. The minimum Gasteiger partial charge on any atom is -0.469 e. The molecule has 0 heterocycles. The van der Waals surface area contributed by atoms with E-state index in [1.54, 1.807) is 6.08 Å². The summed E-state index contributed by atoms with van der Waals surface area (Å²) in [6, 6.07) is 0. The number of ether oxygens (including phenoxy) is 1. The van der Waals surface area contributed by atoms with Crippen molar-refractivity contribution in [1.82, 2.24) is 0 Å². The topological polar surface area (TPSA) is 63.6 Å². The molecular weight excluding hydrogens is 316 g/mol. The number of carbonyl (C=O) groups is 2. The Morgan fingerprint density at radius 2 is 1.80 bits per heavy atom. The third-order valence-electron chi connectivity index (χ3n) is 4.81. The predicted octanol–water partition coefficient (Wildman–Crippen LogP) is 4.66. The summed E-state index contributed by atoms with van der Waals surface area (Å²) in [6.45, 7) is 2.20. The zero-order valence-electron chi connectivity index (χ0n) is 15.9. The monoisotopic (exact) mass is 350 g/mol. The summed E-state index contributed by atoms with van der Waals surface area (Å²) >= 11 is 0. The molecule has 1 aliphatic carbocycles. The number of unbranched alkanes of at least 4 members (excludes halogenated alkanes) is 8. The lowest BCUT2D eigenvalue weighted by Crippen LogP contribution is -2.27. The second kappa shape index (κ2) is 12.0. The van der Waals surface area contributed by atoms with Crippen LogP contribution in [-0.2, 0) is 14.3 Å². The molecule has 25 heavy (non-hydrogen) atoms. The van der Waals surface area contributed by atoms with Crippen LogP contribution in [0, 0.1) is 0 Å². The number of hydrogen-bond donors (Lipinski definition) is 1. The molecule has 0 aliphatic heterocycles. The van der Waals surface area contributed by atoms with Crippen LogP contribution in [0.2, 0.25) is 0 Å². The molecule has 4 nitrogen and oxygen atoms in total. The Morgan fingerprint density at radius 1 is 1.12 bits per heavy atom. The molecule has 0 aromatic rings. The number of hydrogen-bond acceptors (Lipinski definition) is 4. The van der Waals surface area contributed by atoms with Crippen molar-refractivity contribution in [3.05, 3.63) is 23.8 Å². The Labute approximate surface area is 152 Å². The van der Waals surface area contributed by atoms with Crippen molar-refractivity contribution in [2.75, 3.05) is 7.11 Å². The Morgan fingerprint density at radius 3 is 2.52 bits per heavy atom. The van der Waals surface area contributed by atoms with Gasteiger partial charge in [0.1, 0.15) is 5.60 Å². The zero-order valence-corrected chi connectivity index (χ0v) is 15.9. The molecule has 1 aliphatic rings. The molecular formula is C21H34O4. The predicted molar refractivity (Wildman–Crippen MR) is 100 cm³/mol. The molecule has 1 rings (SSSR count). The third-order valence-corrected chi connectivity index (χ3v) is 4.81. The summed E-state index contributed by atoms with van der Waals surface area (Å²) < 4.78 is 4.61. The van der Waals surface area contributed by atoms with Gasteiger partial charge in [0.05, 0.1) is 7.11 Å². The van der Waals surface area contributed by atoms with Gasteiger partial charge in [-0.15, -0.1) is 0 Å². The second-order valence-electron chi connectivity index (χ2n) is 6.93. The standard InChI is InChI=1S/C21H34O4/c1-3-4-5-6-9-12-16-21(24)17-15-19(22)18(21)13-10-7-8-11-14-20(23)25-2/h13,15,17,24H,3-12,14,16H2,1-2H3/t21-/m1/s1. The van der Waals surface area contributed by atoms with Gasteiger partial charge in [-0.3, -0.25) is 9.59 Å². The lowest BCUT2D eigenvalue weighted by molar-refractivity contribution is -0.140. The normalized spacial score (nSPS) is 21.2. The summed E-state index contributed by atoms with van der Waals surface area (Å²) in [5, 5.41) is 10.8. The van der Waals surface area contributed by atoms with Crippen LogP contribution in [0.1, 0.15) is 84.0 Å². The van der Waals surface area contributed by atoms with E-state index in [0.29, 0.717) is 18.4 Å². The molecule has 0 radical (unpaired) electrons. The highest BCUT2D eigenvalue weighted by atomic mass is 16.5. The van der Waals surface area contributed by atoms with Gasteiger partial charge in [-0.05, 0) is 44.3 Å². The van der Waals surface area contributed by atoms with Crippen LogP contribution in [0.5, 0.6) is 0 Å². The number of esters is 1. The number of aliphatic hydroxyl groups is 1. The summed E-state index contributed by atoms with van der Waals surface area (Å²) in [6.07, 6.45) is 16.5. The van der Waals surface area contributed by atoms with Crippen molar-refractivity contribution in [2.24, 2.45) is 0 Å². The molecule has 142 valence electrons. The smallest absolute Gasteiger partial charge is 0.305 e. The number of methoxy groups -OCH3 is 1. The van der Waals surface area contributed by atoms with Crippen molar-refractivity contribution in [3.8, 4) is 0 Å². The Balaban J connectivity index is 2.34. The first-order valence-corrected chi connectivity index (χ1v) is 9.77. The third kappa shape index (κ3) is 8.00. The summed E-state index contributed by atoms with van der Waals surface area (Å²) in [4.78, 5) is 23.1. The zero-order chi connectivity index (χ0) is 18.5. The van der Waals surface area contributed by atoms with Gasteiger partial charge >= 0.3 is 5.97 Å². The van der Waals surface area contributed by atoms with Gasteiger partial charge in [0, 0.05) is 12.0 Å². The van der Waals surface area contributed by atoms with Crippen LogP contribution in [0.4, 0.5) is 0 Å². The van der Waals surface area contributed by atoms with Crippen LogP contribution in [0.3, 0.4) is 0 Å². The van der Waals surface area contributed by atoms with Crippen LogP contribution in [0.15, 0.2) is 23.8 Å². The number of carbonyl (C=O) groups excluding carboxylic acids is 2. The average molecular weight is 350 g/mol. The van der Waals surface area contributed by atoms with E-state index in [1.807, 2.05) is 6.08 Å². The van der Waals surface area contributed by atoms with Crippen LogP contribution in [-0.4, -0.2) is 29.6 Å². The number of rotatable bonds is 13. The van der Waals surface area contributed by atoms with Gasteiger partial charge < -0.3 is 9.84 Å².